The molecule has 1 aromatic heterocycles. The highest BCUT2D eigenvalue weighted by Crippen LogP contribution is 2.27. The standard InChI is InChI=1S/C27H31BrFN5O4/c1-6-33(27(30)37)14-20-10-21(29)8-7-18(20)15-38-22-9-16(2)34(25(35)13-22)24-12-19(11-23(28)17(24)3)26(36)31-32(4)5/h7-13H,6,14-15H2,1-5H3,(H2,30,37)(H,31,36). The van der Waals surface area contributed by atoms with E-state index in [9.17, 15) is 18.8 Å². The van der Waals surface area contributed by atoms with Crippen LogP contribution in [0.5, 0.6) is 5.75 Å². The van der Waals surface area contributed by atoms with Crippen molar-refractivity contribution in [3.05, 3.63) is 91.1 Å². The van der Waals surface area contributed by atoms with Crippen molar-refractivity contribution in [3.63, 3.8) is 0 Å². The predicted molar refractivity (Wildman–Crippen MR) is 147 cm³/mol. The van der Waals surface area contributed by atoms with Crippen LogP contribution in [0, 0.1) is 19.7 Å². The number of urea groups is 1. The molecule has 0 saturated carbocycles. The summed E-state index contributed by atoms with van der Waals surface area (Å²) < 4.78 is 22.0. The number of nitrogens with zero attached hydrogens (tertiary/aromatic N) is 3. The molecule has 0 bridgehead atoms. The maximum atomic E-state index is 13.9. The van der Waals surface area contributed by atoms with Crippen LogP contribution in [0.15, 0.2) is 51.7 Å². The summed E-state index contributed by atoms with van der Waals surface area (Å²) in [6, 6.07) is 10.1. The first kappa shape index (κ1) is 28.9. The van der Waals surface area contributed by atoms with Crippen LogP contribution in [0.25, 0.3) is 5.69 Å². The molecule has 3 aromatic rings. The van der Waals surface area contributed by atoms with Crippen LogP contribution in [0.4, 0.5) is 9.18 Å². The van der Waals surface area contributed by atoms with E-state index in [0.717, 1.165) is 5.56 Å². The van der Waals surface area contributed by atoms with Gasteiger partial charge in [0.15, 0.2) is 0 Å². The fourth-order valence-electron chi connectivity index (χ4n) is 3.95. The van der Waals surface area contributed by atoms with E-state index in [4.69, 9.17) is 10.5 Å². The third kappa shape index (κ3) is 6.78. The Morgan fingerprint density at radius 2 is 1.82 bits per heavy atom. The van der Waals surface area contributed by atoms with Gasteiger partial charge in [0, 0.05) is 55.0 Å². The summed E-state index contributed by atoms with van der Waals surface area (Å²) in [7, 11) is 3.42. The van der Waals surface area contributed by atoms with Crippen molar-refractivity contribution in [2.24, 2.45) is 5.73 Å². The van der Waals surface area contributed by atoms with Crippen LogP contribution < -0.4 is 21.5 Å². The second-order valence-corrected chi connectivity index (χ2v) is 9.85. The van der Waals surface area contributed by atoms with E-state index in [0.29, 0.717) is 44.8 Å². The van der Waals surface area contributed by atoms with Gasteiger partial charge in [-0.25, -0.2) is 14.2 Å². The summed E-state index contributed by atoms with van der Waals surface area (Å²) in [5.41, 5.74) is 11.3. The van der Waals surface area contributed by atoms with Crippen molar-refractivity contribution in [3.8, 4) is 11.4 Å². The fraction of sp³-hybridized carbons (Fsp3) is 0.296. The van der Waals surface area contributed by atoms with Gasteiger partial charge in [-0.3, -0.25) is 19.6 Å². The number of nitrogens with two attached hydrogens (primary N) is 1. The van der Waals surface area contributed by atoms with Gasteiger partial charge in [-0.15, -0.1) is 0 Å². The van der Waals surface area contributed by atoms with Crippen LogP contribution in [0.2, 0.25) is 0 Å². The molecule has 3 N–H and O–H groups in total. The number of amides is 3. The summed E-state index contributed by atoms with van der Waals surface area (Å²) in [6.45, 7) is 5.96. The molecule has 202 valence electrons. The van der Waals surface area contributed by atoms with Gasteiger partial charge in [-0.1, -0.05) is 22.0 Å². The number of benzene rings is 2. The van der Waals surface area contributed by atoms with Crippen LogP contribution in [0.3, 0.4) is 0 Å². The number of ether oxygens (including phenoxy) is 1. The number of hydrazine groups is 1. The van der Waals surface area contributed by atoms with Crippen molar-refractivity contribution in [2.45, 2.75) is 33.9 Å². The molecule has 3 rings (SSSR count). The van der Waals surface area contributed by atoms with Crippen molar-refractivity contribution in [1.29, 1.82) is 0 Å². The number of hydrogen-bond acceptors (Lipinski definition) is 5. The minimum atomic E-state index is -0.604. The van der Waals surface area contributed by atoms with Crippen LogP contribution in [-0.4, -0.2) is 47.1 Å². The Balaban J connectivity index is 1.91. The average Bonchev–Trinajstić information content (AvgIpc) is 2.83. The molecular formula is C27H31BrFN5O4. The molecule has 0 aliphatic carbocycles. The molecule has 11 heteroatoms. The van der Waals surface area contributed by atoms with Gasteiger partial charge in [0.25, 0.3) is 11.5 Å². The molecule has 0 atom stereocenters. The maximum absolute atomic E-state index is 13.9. The van der Waals surface area contributed by atoms with Crippen LogP contribution in [0.1, 0.15) is 39.7 Å². The summed E-state index contributed by atoms with van der Waals surface area (Å²) in [6.07, 6.45) is 0. The third-order valence-corrected chi connectivity index (χ3v) is 6.78. The Kier molecular flexibility index (Phi) is 9.29. The maximum Gasteiger partial charge on any atom is 0.315 e. The van der Waals surface area contributed by atoms with Crippen LogP contribution >= 0.6 is 15.9 Å². The van der Waals surface area contributed by atoms with Gasteiger partial charge in [0.2, 0.25) is 0 Å². The predicted octanol–water partition coefficient (Wildman–Crippen LogP) is 4.04. The SMILES string of the molecule is CCN(Cc1cc(F)ccc1COc1cc(C)n(-c2cc(C(=O)NN(C)C)cc(Br)c2C)c(=O)c1)C(N)=O. The third-order valence-electron chi connectivity index (χ3n) is 5.95. The minimum absolute atomic E-state index is 0.0551. The van der Waals surface area contributed by atoms with Gasteiger partial charge >= 0.3 is 6.03 Å². The van der Waals surface area contributed by atoms with E-state index in [1.54, 1.807) is 57.2 Å². The number of pyridine rings is 1. The molecule has 1 heterocycles. The van der Waals surface area contributed by atoms with E-state index in [1.165, 1.54) is 27.7 Å². The molecule has 0 aliphatic rings. The number of carbonyl (C=O) groups is 2. The first-order chi connectivity index (χ1) is 17.9. The van der Waals surface area contributed by atoms with E-state index in [-0.39, 0.29) is 24.6 Å². The quantitative estimate of drug-likeness (QED) is 0.367. The Hall–Kier alpha value is -3.70. The van der Waals surface area contributed by atoms with Gasteiger partial charge in [0.1, 0.15) is 18.2 Å². The van der Waals surface area contributed by atoms with E-state index >= 15 is 0 Å². The first-order valence-electron chi connectivity index (χ1n) is 11.9. The molecule has 0 unspecified atom stereocenters. The van der Waals surface area contributed by atoms with Crippen molar-refractivity contribution >= 4 is 27.9 Å². The summed E-state index contributed by atoms with van der Waals surface area (Å²) >= 11 is 3.49. The Bertz CT molecular complexity index is 1420. The number of primary amides is 1. The molecule has 0 radical (unpaired) electrons. The minimum Gasteiger partial charge on any atom is -0.489 e. The molecule has 0 saturated heterocycles. The lowest BCUT2D eigenvalue weighted by Gasteiger charge is -2.21. The first-order valence-corrected chi connectivity index (χ1v) is 12.7. The number of aryl methyl sites for hydroxylation is 1. The molecule has 38 heavy (non-hydrogen) atoms. The Morgan fingerprint density at radius 3 is 2.42 bits per heavy atom. The molecule has 9 nitrogen and oxygen atoms in total. The highest BCUT2D eigenvalue weighted by Gasteiger charge is 2.17. The smallest absolute Gasteiger partial charge is 0.315 e. The van der Waals surface area contributed by atoms with E-state index in [2.05, 4.69) is 21.4 Å². The summed E-state index contributed by atoms with van der Waals surface area (Å²) in [5, 5.41) is 1.54. The zero-order chi connectivity index (χ0) is 28.1. The second kappa shape index (κ2) is 12.2. The van der Waals surface area contributed by atoms with E-state index < -0.39 is 11.8 Å². The summed E-state index contributed by atoms with van der Waals surface area (Å²) in [4.78, 5) is 38.8. The Morgan fingerprint density at radius 1 is 1.11 bits per heavy atom. The second-order valence-electron chi connectivity index (χ2n) is 9.00. The van der Waals surface area contributed by atoms with Gasteiger partial charge in [-0.05, 0) is 61.7 Å². The lowest BCUT2D eigenvalue weighted by molar-refractivity contribution is 0.0856. The number of rotatable bonds is 9. The zero-order valence-corrected chi connectivity index (χ0v) is 23.6. The molecule has 0 aliphatic heterocycles. The summed E-state index contributed by atoms with van der Waals surface area (Å²) in [5.74, 6) is -0.416. The number of hydrogen-bond donors (Lipinski definition) is 2. The average molecular weight is 588 g/mol. The molecule has 0 spiro atoms. The van der Waals surface area contributed by atoms with Crippen molar-refractivity contribution in [1.82, 2.24) is 19.9 Å². The normalized spacial score (nSPS) is 10.9. The number of carbonyl (C=O) groups excluding carboxylic acids is 2. The monoisotopic (exact) mass is 587 g/mol. The molecule has 0 fully saturated rings. The van der Waals surface area contributed by atoms with Crippen molar-refractivity contribution < 1.29 is 18.7 Å². The van der Waals surface area contributed by atoms with Gasteiger partial charge in [0.05, 0.1) is 5.69 Å². The lowest BCUT2D eigenvalue weighted by atomic mass is 10.1. The highest BCUT2D eigenvalue weighted by atomic mass is 79.9. The number of aromatic nitrogens is 1. The van der Waals surface area contributed by atoms with Crippen LogP contribution in [-0.2, 0) is 13.2 Å². The molecular weight excluding hydrogens is 557 g/mol. The topological polar surface area (TPSA) is 110 Å². The fourth-order valence-corrected chi connectivity index (χ4v) is 4.40. The Labute approximate surface area is 229 Å². The molecule has 2 aromatic carbocycles. The largest absolute Gasteiger partial charge is 0.489 e. The molecule has 3 amide bonds. The van der Waals surface area contributed by atoms with E-state index in [1.807, 2.05) is 6.92 Å². The van der Waals surface area contributed by atoms with Gasteiger partial charge < -0.3 is 15.4 Å². The number of nitrogens with one attached hydrogen (secondary N) is 1. The lowest BCUT2D eigenvalue weighted by Crippen LogP contribution is -2.36. The van der Waals surface area contributed by atoms with Gasteiger partial charge in [-0.2, -0.15) is 0 Å². The van der Waals surface area contributed by atoms with Crippen molar-refractivity contribution in [2.75, 3.05) is 20.6 Å². The highest BCUT2D eigenvalue weighted by molar-refractivity contribution is 9.10. The number of halogens is 2. The zero-order valence-electron chi connectivity index (χ0n) is 22.0.